The highest BCUT2D eigenvalue weighted by atomic mass is 32.2. The van der Waals surface area contributed by atoms with Crippen LogP contribution in [0.3, 0.4) is 0 Å². The lowest BCUT2D eigenvalue weighted by atomic mass is 10.1. The maximum Gasteiger partial charge on any atom is 0.247 e. The Morgan fingerprint density at radius 2 is 1.71 bits per heavy atom. The minimum atomic E-state index is -3.54. The topological polar surface area (TPSA) is 85.4 Å². The lowest BCUT2D eigenvalue weighted by Gasteiger charge is -2.28. The Morgan fingerprint density at radius 1 is 1.00 bits per heavy atom. The Balaban J connectivity index is 1.28. The van der Waals surface area contributed by atoms with Gasteiger partial charge < -0.3 is 19.1 Å². The summed E-state index contributed by atoms with van der Waals surface area (Å²) in [6.45, 7) is 2.26. The van der Waals surface area contributed by atoms with Gasteiger partial charge in [-0.3, -0.25) is 4.79 Å². The number of rotatable bonds is 7. The molecule has 1 amide bonds. The van der Waals surface area contributed by atoms with Crippen LogP contribution in [-0.4, -0.2) is 62.7 Å². The maximum atomic E-state index is 13.2. The molecule has 2 heterocycles. The maximum absolute atomic E-state index is 13.2. The summed E-state index contributed by atoms with van der Waals surface area (Å²) in [7, 11) is -3.54. The molecular weight excluding hydrogens is 468 g/mol. The number of amides is 1. The van der Waals surface area contributed by atoms with Crippen LogP contribution in [0.2, 0.25) is 0 Å². The normalized spacial score (nSPS) is 18.9. The molecule has 2 fully saturated rings. The van der Waals surface area contributed by atoms with Crippen molar-refractivity contribution in [3.63, 3.8) is 0 Å². The van der Waals surface area contributed by atoms with Crippen molar-refractivity contribution in [1.29, 1.82) is 0 Å². The number of ether oxygens (including phenoxy) is 3. The number of morpholine rings is 1. The lowest BCUT2D eigenvalue weighted by Crippen LogP contribution is -2.40. The zero-order chi connectivity index (χ0) is 24.3. The van der Waals surface area contributed by atoms with Crippen LogP contribution in [0.4, 0.5) is 0 Å². The summed E-state index contributed by atoms with van der Waals surface area (Å²) in [4.78, 5) is 15.4. The molecule has 0 atom stereocenters. The van der Waals surface area contributed by atoms with Crippen molar-refractivity contribution >= 4 is 22.0 Å². The van der Waals surface area contributed by atoms with Crippen LogP contribution in [-0.2, 0) is 26.1 Å². The quantitative estimate of drug-likeness (QED) is 0.544. The first-order valence-electron chi connectivity index (χ1n) is 12.1. The van der Waals surface area contributed by atoms with Crippen LogP contribution in [0, 0.1) is 0 Å². The first-order valence-corrected chi connectivity index (χ1v) is 13.5. The standard InChI is InChI=1S/C26H30N2O6S/c29-26(12-8-20-5-9-23(10-6-20)35(30,31)27-13-15-32-16-14-27)28(22-3-1-2-4-22)18-21-7-11-24-25(17-21)34-19-33-24/h5-12,17,22H,1-4,13-16,18-19H2. The second-order valence-electron chi connectivity index (χ2n) is 9.01. The second kappa shape index (κ2) is 10.4. The van der Waals surface area contributed by atoms with Crippen LogP contribution >= 0.6 is 0 Å². The van der Waals surface area contributed by atoms with Crippen molar-refractivity contribution in [2.45, 2.75) is 43.2 Å². The Morgan fingerprint density at radius 3 is 2.46 bits per heavy atom. The number of benzene rings is 2. The van der Waals surface area contributed by atoms with E-state index in [1.54, 1.807) is 36.4 Å². The number of sulfonamides is 1. The van der Waals surface area contributed by atoms with Gasteiger partial charge in [0.1, 0.15) is 0 Å². The van der Waals surface area contributed by atoms with Gasteiger partial charge in [0.15, 0.2) is 11.5 Å². The highest BCUT2D eigenvalue weighted by Crippen LogP contribution is 2.34. The molecule has 186 valence electrons. The molecule has 0 aromatic heterocycles. The summed E-state index contributed by atoms with van der Waals surface area (Å²) < 4.78 is 43.2. The third kappa shape index (κ3) is 5.37. The van der Waals surface area contributed by atoms with Gasteiger partial charge in [-0.05, 0) is 54.3 Å². The van der Waals surface area contributed by atoms with Crippen LogP contribution in [0.25, 0.3) is 6.08 Å². The van der Waals surface area contributed by atoms with Crippen molar-refractivity contribution in [3.8, 4) is 11.5 Å². The molecule has 2 aromatic carbocycles. The van der Waals surface area contributed by atoms with E-state index in [9.17, 15) is 13.2 Å². The summed E-state index contributed by atoms with van der Waals surface area (Å²) in [6.07, 6.45) is 7.57. The molecule has 0 bridgehead atoms. The van der Waals surface area contributed by atoms with Crippen molar-refractivity contribution < 1.29 is 27.4 Å². The van der Waals surface area contributed by atoms with Crippen LogP contribution in [0.1, 0.15) is 36.8 Å². The average Bonchev–Trinajstić information content (AvgIpc) is 3.59. The Bertz CT molecular complexity index is 1180. The average molecular weight is 499 g/mol. The van der Waals surface area contributed by atoms with E-state index in [1.165, 1.54) is 4.31 Å². The fourth-order valence-corrected chi connectivity index (χ4v) is 6.20. The molecule has 3 aliphatic rings. The van der Waals surface area contributed by atoms with Gasteiger partial charge in [0, 0.05) is 31.8 Å². The van der Waals surface area contributed by atoms with Crippen molar-refractivity contribution in [2.75, 3.05) is 33.1 Å². The van der Waals surface area contributed by atoms with Crippen molar-refractivity contribution in [3.05, 3.63) is 59.7 Å². The largest absolute Gasteiger partial charge is 0.454 e. The SMILES string of the molecule is O=C(C=Cc1ccc(S(=O)(=O)N2CCOCC2)cc1)N(Cc1ccc2c(c1)OCO2)C1CCCC1. The molecule has 35 heavy (non-hydrogen) atoms. The van der Waals surface area contributed by atoms with Gasteiger partial charge in [-0.25, -0.2) is 8.42 Å². The van der Waals surface area contributed by atoms with E-state index in [2.05, 4.69) is 0 Å². The first-order chi connectivity index (χ1) is 17.0. The van der Waals surface area contributed by atoms with Crippen LogP contribution in [0.5, 0.6) is 11.5 Å². The molecule has 0 radical (unpaired) electrons. The molecule has 1 aliphatic carbocycles. The summed E-state index contributed by atoms with van der Waals surface area (Å²) in [6, 6.07) is 12.7. The van der Waals surface area contributed by atoms with E-state index in [-0.39, 0.29) is 23.6 Å². The predicted octanol–water partition coefficient (Wildman–Crippen LogP) is 3.42. The number of hydrogen-bond donors (Lipinski definition) is 0. The molecule has 1 saturated carbocycles. The molecular formula is C26H30N2O6S. The minimum Gasteiger partial charge on any atom is -0.454 e. The molecule has 1 saturated heterocycles. The number of nitrogens with zero attached hydrogens (tertiary/aromatic N) is 2. The Kier molecular flexibility index (Phi) is 7.08. The summed E-state index contributed by atoms with van der Waals surface area (Å²) in [5.41, 5.74) is 1.77. The summed E-state index contributed by atoms with van der Waals surface area (Å²) in [5.74, 6) is 1.38. The molecule has 0 unspecified atom stereocenters. The lowest BCUT2D eigenvalue weighted by molar-refractivity contribution is -0.128. The van der Waals surface area contributed by atoms with E-state index in [0.717, 1.165) is 42.6 Å². The zero-order valence-electron chi connectivity index (χ0n) is 19.6. The van der Waals surface area contributed by atoms with E-state index in [4.69, 9.17) is 14.2 Å². The van der Waals surface area contributed by atoms with Gasteiger partial charge in [-0.1, -0.05) is 31.0 Å². The van der Waals surface area contributed by atoms with Crippen LogP contribution < -0.4 is 9.47 Å². The molecule has 2 aliphatic heterocycles. The van der Waals surface area contributed by atoms with Gasteiger partial charge >= 0.3 is 0 Å². The van der Waals surface area contributed by atoms with Crippen LogP contribution in [0.15, 0.2) is 53.4 Å². The molecule has 8 nitrogen and oxygen atoms in total. The number of hydrogen-bond acceptors (Lipinski definition) is 6. The minimum absolute atomic E-state index is 0.0559. The van der Waals surface area contributed by atoms with Gasteiger partial charge in [0.25, 0.3) is 0 Å². The second-order valence-corrected chi connectivity index (χ2v) is 10.9. The number of carbonyl (C=O) groups is 1. The molecule has 5 rings (SSSR count). The molecule has 0 spiro atoms. The summed E-state index contributed by atoms with van der Waals surface area (Å²) in [5, 5.41) is 0. The predicted molar refractivity (Wildman–Crippen MR) is 130 cm³/mol. The zero-order valence-corrected chi connectivity index (χ0v) is 20.4. The smallest absolute Gasteiger partial charge is 0.247 e. The summed E-state index contributed by atoms with van der Waals surface area (Å²) >= 11 is 0. The molecule has 0 N–H and O–H groups in total. The third-order valence-electron chi connectivity index (χ3n) is 6.74. The third-order valence-corrected chi connectivity index (χ3v) is 8.66. The van der Waals surface area contributed by atoms with Gasteiger partial charge in [0.05, 0.1) is 18.1 Å². The molecule has 9 heteroatoms. The highest BCUT2D eigenvalue weighted by molar-refractivity contribution is 7.89. The van der Waals surface area contributed by atoms with Crippen molar-refractivity contribution in [1.82, 2.24) is 9.21 Å². The van der Waals surface area contributed by atoms with E-state index >= 15 is 0 Å². The highest BCUT2D eigenvalue weighted by Gasteiger charge is 2.27. The van der Waals surface area contributed by atoms with Gasteiger partial charge in [-0.2, -0.15) is 4.31 Å². The fourth-order valence-electron chi connectivity index (χ4n) is 4.79. The first kappa shape index (κ1) is 23.8. The Labute approximate surface area is 206 Å². The van der Waals surface area contributed by atoms with Crippen molar-refractivity contribution in [2.24, 2.45) is 0 Å². The van der Waals surface area contributed by atoms with Gasteiger partial charge in [0.2, 0.25) is 22.7 Å². The van der Waals surface area contributed by atoms with E-state index < -0.39 is 10.0 Å². The number of fused-ring (bicyclic) bond motifs is 1. The Hall–Kier alpha value is -2.88. The monoisotopic (exact) mass is 498 g/mol. The fraction of sp³-hybridized carbons (Fsp3) is 0.423. The molecule has 2 aromatic rings. The van der Waals surface area contributed by atoms with E-state index in [0.29, 0.717) is 38.6 Å². The van der Waals surface area contributed by atoms with E-state index in [1.807, 2.05) is 23.1 Å². The van der Waals surface area contributed by atoms with Gasteiger partial charge in [-0.15, -0.1) is 0 Å². The number of carbonyl (C=O) groups excluding carboxylic acids is 1.